The zero-order valence-corrected chi connectivity index (χ0v) is 19.0. The summed E-state index contributed by atoms with van der Waals surface area (Å²) in [5, 5.41) is 24.4. The molecule has 4 rings (SSSR count). The van der Waals surface area contributed by atoms with Crippen LogP contribution in [0, 0.1) is 21.4 Å². The minimum absolute atomic E-state index is 0.0183. The van der Waals surface area contributed by atoms with E-state index in [0.29, 0.717) is 32.3 Å². The lowest BCUT2D eigenvalue weighted by atomic mass is 10.1. The number of rotatable bonds is 7. The fourth-order valence-corrected chi connectivity index (χ4v) is 3.61. The number of ether oxygens (including phenoxy) is 1. The summed E-state index contributed by atoms with van der Waals surface area (Å²) >= 11 is 3.45. The predicted molar refractivity (Wildman–Crippen MR) is 128 cm³/mol. The number of hydrazone groups is 1. The molecule has 0 aliphatic rings. The second-order valence-corrected chi connectivity index (χ2v) is 7.89. The minimum Gasteiger partial charge on any atom is -0.488 e. The van der Waals surface area contributed by atoms with Gasteiger partial charge in [0.25, 0.3) is 5.69 Å². The number of furan rings is 1. The fourth-order valence-electron chi connectivity index (χ4n) is 3.10. The molecule has 4 aromatic rings. The highest BCUT2D eigenvalue weighted by Gasteiger charge is 2.14. The van der Waals surface area contributed by atoms with Crippen molar-refractivity contribution in [1.29, 1.82) is 5.26 Å². The predicted octanol–water partition coefficient (Wildman–Crippen LogP) is 5.32. The van der Waals surface area contributed by atoms with Crippen LogP contribution < -0.4 is 10.2 Å². The number of benzene rings is 3. The quantitative estimate of drug-likeness (QED) is 0.200. The molecule has 9 nitrogen and oxygen atoms in total. The van der Waals surface area contributed by atoms with Crippen molar-refractivity contribution in [1.82, 2.24) is 5.43 Å². The number of nitrogens with zero attached hydrogens (tertiary/aromatic N) is 3. The van der Waals surface area contributed by atoms with Crippen molar-refractivity contribution in [3.8, 4) is 11.8 Å². The third-order valence-corrected chi connectivity index (χ3v) is 5.41. The van der Waals surface area contributed by atoms with Crippen molar-refractivity contribution in [2.75, 3.05) is 0 Å². The molecule has 0 aliphatic heterocycles. The van der Waals surface area contributed by atoms with Crippen molar-refractivity contribution in [2.45, 2.75) is 6.61 Å². The van der Waals surface area contributed by atoms with Gasteiger partial charge >= 0.3 is 5.91 Å². The van der Waals surface area contributed by atoms with Crippen molar-refractivity contribution >= 4 is 44.7 Å². The molecule has 0 fully saturated rings. The van der Waals surface area contributed by atoms with Crippen LogP contribution in [0.25, 0.3) is 11.0 Å². The second-order valence-electron chi connectivity index (χ2n) is 7.04. The van der Waals surface area contributed by atoms with Crippen molar-refractivity contribution in [2.24, 2.45) is 5.10 Å². The molecular formula is C24H15BrN4O5. The van der Waals surface area contributed by atoms with Gasteiger partial charge in [0.2, 0.25) is 0 Å². The average molecular weight is 519 g/mol. The first-order chi connectivity index (χ1) is 16.4. The number of fused-ring (bicyclic) bond motifs is 1. The molecule has 1 heterocycles. The molecule has 1 N–H and O–H groups in total. The summed E-state index contributed by atoms with van der Waals surface area (Å²) in [4.78, 5) is 22.7. The number of carbonyl (C=O) groups is 1. The maximum Gasteiger partial charge on any atom is 0.307 e. The summed E-state index contributed by atoms with van der Waals surface area (Å²) in [5.41, 5.74) is 4.66. The van der Waals surface area contributed by atoms with Gasteiger partial charge in [0.1, 0.15) is 17.9 Å². The van der Waals surface area contributed by atoms with Gasteiger partial charge in [0.15, 0.2) is 5.76 Å². The topological polar surface area (TPSA) is 131 Å². The first-order valence-electron chi connectivity index (χ1n) is 9.86. The normalized spacial score (nSPS) is 10.8. The van der Waals surface area contributed by atoms with Gasteiger partial charge in [0, 0.05) is 23.1 Å². The molecular weight excluding hydrogens is 504 g/mol. The largest absolute Gasteiger partial charge is 0.488 e. The lowest BCUT2D eigenvalue weighted by Crippen LogP contribution is -2.16. The number of hydrogen-bond acceptors (Lipinski definition) is 7. The van der Waals surface area contributed by atoms with Gasteiger partial charge in [-0.3, -0.25) is 14.9 Å². The Morgan fingerprint density at radius 1 is 1.21 bits per heavy atom. The van der Waals surface area contributed by atoms with Crippen molar-refractivity contribution in [3.05, 3.63) is 104 Å². The minimum atomic E-state index is -0.592. The maximum absolute atomic E-state index is 12.3. The van der Waals surface area contributed by atoms with Crippen LogP contribution in [0.4, 0.5) is 5.69 Å². The number of nitro groups is 1. The van der Waals surface area contributed by atoms with E-state index in [4.69, 9.17) is 9.15 Å². The van der Waals surface area contributed by atoms with Crippen LogP contribution in [-0.2, 0) is 6.61 Å². The Hall–Kier alpha value is -4.49. The zero-order valence-electron chi connectivity index (χ0n) is 17.4. The summed E-state index contributed by atoms with van der Waals surface area (Å²) in [7, 11) is 0. The highest BCUT2D eigenvalue weighted by molar-refractivity contribution is 9.10. The lowest BCUT2D eigenvalue weighted by molar-refractivity contribution is -0.384. The third kappa shape index (κ3) is 5.11. The zero-order chi connectivity index (χ0) is 24.1. The van der Waals surface area contributed by atoms with Gasteiger partial charge in [-0.1, -0.05) is 18.2 Å². The molecule has 1 amide bonds. The van der Waals surface area contributed by atoms with E-state index < -0.39 is 10.8 Å². The lowest BCUT2D eigenvalue weighted by Gasteiger charge is -2.09. The van der Waals surface area contributed by atoms with Crippen molar-refractivity contribution < 1.29 is 18.9 Å². The van der Waals surface area contributed by atoms with E-state index in [1.54, 1.807) is 30.3 Å². The van der Waals surface area contributed by atoms with Crippen LogP contribution in [0.1, 0.15) is 27.2 Å². The second kappa shape index (κ2) is 9.97. The number of carbonyl (C=O) groups excluding carboxylic acids is 1. The SMILES string of the molecule is N#Cc1ccccc1COc1ccc(/C=N\NC(=O)c2cc3cc([N+](=O)[O-])ccc3o2)cc1Br. The number of hydrogen-bond donors (Lipinski definition) is 1. The smallest absolute Gasteiger partial charge is 0.307 e. The van der Waals surface area contributed by atoms with Gasteiger partial charge in [-0.25, -0.2) is 5.43 Å². The van der Waals surface area contributed by atoms with E-state index in [9.17, 15) is 20.2 Å². The third-order valence-electron chi connectivity index (χ3n) is 4.79. The molecule has 0 aliphatic carbocycles. The summed E-state index contributed by atoms with van der Waals surface area (Å²) in [6, 6.07) is 20.1. The molecule has 0 saturated carbocycles. The van der Waals surface area contributed by atoms with Crippen LogP contribution in [0.15, 0.2) is 80.7 Å². The molecule has 0 spiro atoms. The van der Waals surface area contributed by atoms with Crippen LogP contribution in [0.3, 0.4) is 0 Å². The highest BCUT2D eigenvalue weighted by atomic mass is 79.9. The average Bonchev–Trinajstić information content (AvgIpc) is 3.27. The molecule has 0 unspecified atom stereocenters. The van der Waals surface area contributed by atoms with Crippen LogP contribution >= 0.6 is 15.9 Å². The van der Waals surface area contributed by atoms with Gasteiger partial charge in [-0.05, 0) is 57.9 Å². The summed E-state index contributed by atoms with van der Waals surface area (Å²) in [5.74, 6) is -0.0224. The first kappa shape index (κ1) is 22.7. The van der Waals surface area contributed by atoms with E-state index in [1.165, 1.54) is 30.5 Å². The maximum atomic E-state index is 12.3. The molecule has 10 heteroatoms. The number of nitro benzene ring substituents is 1. The van der Waals surface area contributed by atoms with Crippen LogP contribution in [0.2, 0.25) is 0 Å². The molecule has 0 saturated heterocycles. The number of non-ortho nitro benzene ring substituents is 1. The number of halogens is 1. The van der Waals surface area contributed by atoms with Gasteiger partial charge < -0.3 is 9.15 Å². The molecule has 0 bridgehead atoms. The van der Waals surface area contributed by atoms with Gasteiger partial charge in [0.05, 0.1) is 27.2 Å². The van der Waals surface area contributed by atoms with E-state index >= 15 is 0 Å². The number of nitriles is 1. The molecule has 0 radical (unpaired) electrons. The Bertz CT molecular complexity index is 1470. The van der Waals surface area contributed by atoms with E-state index in [-0.39, 0.29) is 18.1 Å². The standard InChI is InChI=1S/C24H15BrN4O5/c25-20-9-15(5-7-22(20)33-14-17-4-2-1-3-16(17)12-26)13-27-28-24(30)23-11-18-10-19(29(31)32)6-8-21(18)34-23/h1-11,13H,14H2,(H,28,30)/b27-13-. The summed E-state index contributed by atoms with van der Waals surface area (Å²) in [6.45, 7) is 0.243. The van der Waals surface area contributed by atoms with E-state index in [0.717, 1.165) is 5.56 Å². The fraction of sp³-hybridized carbons (Fsp3) is 0.0417. The first-order valence-corrected chi connectivity index (χ1v) is 10.7. The molecule has 34 heavy (non-hydrogen) atoms. The number of nitrogens with one attached hydrogen (secondary N) is 1. The molecule has 3 aromatic carbocycles. The molecule has 1 aromatic heterocycles. The summed E-state index contributed by atoms with van der Waals surface area (Å²) < 4.78 is 11.9. The monoisotopic (exact) mass is 518 g/mol. The Kier molecular flexibility index (Phi) is 6.66. The molecule has 168 valence electrons. The Labute approximate surface area is 201 Å². The van der Waals surface area contributed by atoms with Crippen LogP contribution in [-0.4, -0.2) is 17.0 Å². The van der Waals surface area contributed by atoms with Crippen molar-refractivity contribution in [3.63, 3.8) is 0 Å². The Balaban J connectivity index is 1.38. The van der Waals surface area contributed by atoms with Gasteiger partial charge in [-0.15, -0.1) is 0 Å². The molecule has 0 atom stereocenters. The van der Waals surface area contributed by atoms with E-state index in [1.807, 2.05) is 12.1 Å². The highest BCUT2D eigenvalue weighted by Crippen LogP contribution is 2.27. The number of amides is 1. The van der Waals surface area contributed by atoms with Gasteiger partial charge in [-0.2, -0.15) is 10.4 Å². The summed E-state index contributed by atoms with van der Waals surface area (Å²) in [6.07, 6.45) is 1.45. The Morgan fingerprint density at radius 2 is 2.03 bits per heavy atom. The Morgan fingerprint density at radius 3 is 2.79 bits per heavy atom. The van der Waals surface area contributed by atoms with Crippen LogP contribution in [0.5, 0.6) is 5.75 Å². The van der Waals surface area contributed by atoms with E-state index in [2.05, 4.69) is 32.5 Å².